The van der Waals surface area contributed by atoms with Crippen LogP contribution in [0.25, 0.3) is 11.5 Å². The zero-order valence-electron chi connectivity index (χ0n) is 14.2. The monoisotopic (exact) mass is 391 g/mol. The Balaban J connectivity index is 1.63. The predicted molar refractivity (Wildman–Crippen MR) is 100 cm³/mol. The van der Waals surface area contributed by atoms with Crippen molar-refractivity contribution in [1.29, 1.82) is 0 Å². The van der Waals surface area contributed by atoms with Crippen molar-refractivity contribution in [2.75, 3.05) is 13.6 Å². The van der Waals surface area contributed by atoms with Crippen LogP contribution >= 0.6 is 11.6 Å². The Morgan fingerprint density at radius 1 is 1.08 bits per heavy atom. The maximum absolute atomic E-state index is 12.4. The van der Waals surface area contributed by atoms with Gasteiger partial charge in [0.15, 0.2) is 5.82 Å². The van der Waals surface area contributed by atoms with Gasteiger partial charge in [-0.05, 0) is 17.7 Å². The average molecular weight is 392 g/mol. The molecule has 0 saturated carbocycles. The molecule has 6 nitrogen and oxygen atoms in total. The van der Waals surface area contributed by atoms with Gasteiger partial charge >= 0.3 is 0 Å². The van der Waals surface area contributed by atoms with Crippen LogP contribution < -0.4 is 0 Å². The number of nitrogens with zero attached hydrogens (tertiary/aromatic N) is 3. The first kappa shape index (κ1) is 18.6. The Morgan fingerprint density at radius 2 is 1.77 bits per heavy atom. The van der Waals surface area contributed by atoms with E-state index < -0.39 is 10.0 Å². The summed E-state index contributed by atoms with van der Waals surface area (Å²) in [6.07, 6.45) is 0.346. The summed E-state index contributed by atoms with van der Waals surface area (Å²) in [5.74, 6) is 0.712. The van der Waals surface area contributed by atoms with E-state index in [2.05, 4.69) is 10.1 Å². The molecule has 0 spiro atoms. The molecule has 26 heavy (non-hydrogen) atoms. The van der Waals surface area contributed by atoms with E-state index in [4.69, 9.17) is 16.1 Å². The van der Waals surface area contributed by atoms with Crippen LogP contribution in [0.3, 0.4) is 0 Å². The number of sulfonamides is 1. The molecule has 0 unspecified atom stereocenters. The first-order valence-corrected chi connectivity index (χ1v) is 10.00. The maximum Gasteiger partial charge on any atom is 0.259 e. The second kappa shape index (κ2) is 7.99. The first-order valence-electron chi connectivity index (χ1n) is 8.01. The summed E-state index contributed by atoms with van der Waals surface area (Å²) >= 11 is 6.12. The Labute approximate surface area is 157 Å². The van der Waals surface area contributed by atoms with Crippen molar-refractivity contribution < 1.29 is 12.9 Å². The van der Waals surface area contributed by atoms with E-state index in [1.54, 1.807) is 31.3 Å². The molecule has 2 aromatic carbocycles. The molecule has 0 N–H and O–H groups in total. The van der Waals surface area contributed by atoms with Crippen molar-refractivity contribution in [3.05, 3.63) is 71.0 Å². The molecular formula is C18H18ClN3O3S. The van der Waals surface area contributed by atoms with Gasteiger partial charge in [0.05, 0.1) is 16.3 Å². The summed E-state index contributed by atoms with van der Waals surface area (Å²) in [6, 6.07) is 16.2. The minimum Gasteiger partial charge on any atom is -0.334 e. The van der Waals surface area contributed by atoms with E-state index in [9.17, 15) is 8.42 Å². The quantitative estimate of drug-likeness (QED) is 0.617. The lowest BCUT2D eigenvalue weighted by Gasteiger charge is -2.16. The Kier molecular flexibility index (Phi) is 5.70. The fourth-order valence-electron chi connectivity index (χ4n) is 2.39. The molecule has 136 valence electrons. The fourth-order valence-corrected chi connectivity index (χ4v) is 3.81. The molecule has 0 atom stereocenters. The summed E-state index contributed by atoms with van der Waals surface area (Å²) in [7, 11) is -1.86. The Bertz CT molecular complexity index is 974. The van der Waals surface area contributed by atoms with E-state index in [1.807, 2.05) is 30.3 Å². The van der Waals surface area contributed by atoms with Crippen molar-refractivity contribution in [3.8, 4) is 11.5 Å². The minimum atomic E-state index is -3.41. The zero-order valence-corrected chi connectivity index (χ0v) is 15.7. The van der Waals surface area contributed by atoms with E-state index in [-0.39, 0.29) is 12.3 Å². The fraction of sp³-hybridized carbons (Fsp3) is 0.222. The van der Waals surface area contributed by atoms with Gasteiger partial charge in [0.2, 0.25) is 10.0 Å². The van der Waals surface area contributed by atoms with Gasteiger partial charge in [0, 0.05) is 20.0 Å². The molecule has 0 fully saturated rings. The minimum absolute atomic E-state index is 0.0402. The highest BCUT2D eigenvalue weighted by atomic mass is 35.5. The normalized spacial score (nSPS) is 11.8. The van der Waals surface area contributed by atoms with Crippen LogP contribution in [0.4, 0.5) is 0 Å². The molecule has 0 amide bonds. The number of rotatable bonds is 7. The highest BCUT2D eigenvalue weighted by molar-refractivity contribution is 7.88. The third-order valence-electron chi connectivity index (χ3n) is 3.89. The second-order valence-electron chi connectivity index (χ2n) is 5.81. The summed E-state index contributed by atoms with van der Waals surface area (Å²) in [6.45, 7) is 0.261. The van der Waals surface area contributed by atoms with Gasteiger partial charge in [0.25, 0.3) is 5.89 Å². The lowest BCUT2D eigenvalue weighted by molar-refractivity contribution is 0.415. The van der Waals surface area contributed by atoms with Crippen molar-refractivity contribution in [2.24, 2.45) is 0 Å². The standard InChI is InChI=1S/C18H18ClN3O3S/c1-22(26(23,24)13-14-7-3-2-4-8-14)12-11-17-20-18(25-21-17)15-9-5-6-10-16(15)19/h2-10H,11-13H2,1H3. The van der Waals surface area contributed by atoms with Gasteiger partial charge in [-0.2, -0.15) is 4.98 Å². The largest absolute Gasteiger partial charge is 0.334 e. The van der Waals surface area contributed by atoms with Crippen LogP contribution in [0.5, 0.6) is 0 Å². The van der Waals surface area contributed by atoms with Gasteiger partial charge in [0.1, 0.15) is 0 Å². The number of benzene rings is 2. The third kappa shape index (κ3) is 4.49. The molecule has 1 heterocycles. The Hall–Kier alpha value is -2.22. The van der Waals surface area contributed by atoms with Crippen LogP contribution in [0, 0.1) is 0 Å². The van der Waals surface area contributed by atoms with Gasteiger partial charge in [-0.3, -0.25) is 0 Å². The molecule has 0 bridgehead atoms. The summed E-state index contributed by atoms with van der Waals surface area (Å²) in [5, 5.41) is 4.42. The highest BCUT2D eigenvalue weighted by Crippen LogP contribution is 2.25. The second-order valence-corrected chi connectivity index (χ2v) is 8.29. The van der Waals surface area contributed by atoms with Crippen LogP contribution in [0.15, 0.2) is 59.1 Å². The van der Waals surface area contributed by atoms with Crippen molar-refractivity contribution in [1.82, 2.24) is 14.4 Å². The highest BCUT2D eigenvalue weighted by Gasteiger charge is 2.19. The number of hydrogen-bond donors (Lipinski definition) is 0. The molecular weight excluding hydrogens is 374 g/mol. The van der Waals surface area contributed by atoms with Crippen molar-refractivity contribution >= 4 is 21.6 Å². The van der Waals surface area contributed by atoms with Crippen LogP contribution in [-0.4, -0.2) is 36.5 Å². The van der Waals surface area contributed by atoms with E-state index in [0.29, 0.717) is 28.7 Å². The number of aromatic nitrogens is 2. The maximum atomic E-state index is 12.4. The number of likely N-dealkylation sites (N-methyl/N-ethyl adjacent to an activating group) is 1. The zero-order chi connectivity index (χ0) is 18.6. The van der Waals surface area contributed by atoms with E-state index in [0.717, 1.165) is 5.56 Å². The van der Waals surface area contributed by atoms with Gasteiger partial charge in [-0.15, -0.1) is 0 Å². The molecule has 0 aliphatic rings. The lowest BCUT2D eigenvalue weighted by Crippen LogP contribution is -2.30. The topological polar surface area (TPSA) is 76.3 Å². The molecule has 0 saturated heterocycles. The molecule has 0 radical (unpaired) electrons. The summed E-state index contributed by atoms with van der Waals surface area (Å²) < 4.78 is 31.4. The number of hydrogen-bond acceptors (Lipinski definition) is 5. The molecule has 0 aliphatic heterocycles. The number of halogens is 1. The molecule has 1 aromatic heterocycles. The van der Waals surface area contributed by atoms with Crippen molar-refractivity contribution in [2.45, 2.75) is 12.2 Å². The molecule has 3 aromatic rings. The van der Waals surface area contributed by atoms with Gasteiger partial charge in [-0.1, -0.05) is 59.2 Å². The SMILES string of the molecule is CN(CCc1noc(-c2ccccc2Cl)n1)S(=O)(=O)Cc1ccccc1. The van der Waals surface area contributed by atoms with Crippen LogP contribution in [0.1, 0.15) is 11.4 Å². The van der Waals surface area contributed by atoms with E-state index >= 15 is 0 Å². The summed E-state index contributed by atoms with van der Waals surface area (Å²) in [5.41, 5.74) is 1.40. The molecule has 8 heteroatoms. The molecule has 0 aliphatic carbocycles. The predicted octanol–water partition coefficient (Wildman–Crippen LogP) is 3.39. The third-order valence-corrected chi connectivity index (χ3v) is 6.05. The van der Waals surface area contributed by atoms with Gasteiger partial charge < -0.3 is 4.52 Å². The molecule has 3 rings (SSSR count). The Morgan fingerprint density at radius 3 is 2.50 bits per heavy atom. The van der Waals surface area contributed by atoms with Crippen LogP contribution in [-0.2, 0) is 22.2 Å². The summed E-state index contributed by atoms with van der Waals surface area (Å²) in [4.78, 5) is 4.30. The smallest absolute Gasteiger partial charge is 0.259 e. The van der Waals surface area contributed by atoms with Gasteiger partial charge in [-0.25, -0.2) is 12.7 Å². The lowest BCUT2D eigenvalue weighted by atomic mass is 10.2. The average Bonchev–Trinajstić information content (AvgIpc) is 3.09. The van der Waals surface area contributed by atoms with E-state index in [1.165, 1.54) is 4.31 Å². The van der Waals surface area contributed by atoms with Crippen molar-refractivity contribution in [3.63, 3.8) is 0 Å². The van der Waals surface area contributed by atoms with Crippen LogP contribution in [0.2, 0.25) is 5.02 Å². The first-order chi connectivity index (χ1) is 12.5.